The Balaban J connectivity index is 2.29. The summed E-state index contributed by atoms with van der Waals surface area (Å²) >= 11 is 5.96. The van der Waals surface area contributed by atoms with Crippen molar-refractivity contribution in [3.8, 4) is 0 Å². The van der Waals surface area contributed by atoms with Crippen LogP contribution >= 0.6 is 11.6 Å². The Bertz CT molecular complexity index is 594. The van der Waals surface area contributed by atoms with Crippen molar-refractivity contribution in [3.63, 3.8) is 0 Å². The van der Waals surface area contributed by atoms with E-state index in [1.165, 1.54) is 31.4 Å². The van der Waals surface area contributed by atoms with Crippen LogP contribution in [0.4, 0.5) is 21.7 Å². The molecule has 0 bridgehead atoms. The quantitative estimate of drug-likeness (QED) is 0.902. The minimum Gasteiger partial charge on any atom is -0.384 e. The van der Waals surface area contributed by atoms with Crippen molar-refractivity contribution in [2.45, 2.75) is 6.61 Å². The zero-order chi connectivity index (χ0) is 13.8. The molecule has 0 amide bonds. The van der Waals surface area contributed by atoms with Gasteiger partial charge in [0.05, 0.1) is 10.7 Å². The third kappa shape index (κ3) is 3.52. The zero-order valence-corrected chi connectivity index (χ0v) is 10.9. The standard InChI is InChI=1S/C12H12ClFN4O/c1-19-6-12-17-10(15)5-11(18-12)16-9-4-7(14)2-3-8(9)13/h2-5H,6H2,1H3,(H3,15,16,17,18). The highest BCUT2D eigenvalue weighted by molar-refractivity contribution is 6.33. The first-order valence-corrected chi connectivity index (χ1v) is 5.80. The topological polar surface area (TPSA) is 73.1 Å². The Hall–Kier alpha value is -1.92. The number of halogens is 2. The summed E-state index contributed by atoms with van der Waals surface area (Å²) in [6.45, 7) is 0.233. The van der Waals surface area contributed by atoms with Crippen molar-refractivity contribution in [1.82, 2.24) is 9.97 Å². The van der Waals surface area contributed by atoms with Crippen LogP contribution in [0.3, 0.4) is 0 Å². The molecular weight excluding hydrogens is 271 g/mol. The lowest BCUT2D eigenvalue weighted by atomic mass is 10.3. The molecule has 0 spiro atoms. The van der Waals surface area contributed by atoms with Crippen molar-refractivity contribution >= 4 is 28.9 Å². The summed E-state index contributed by atoms with van der Waals surface area (Å²) in [5.74, 6) is 0.743. The summed E-state index contributed by atoms with van der Waals surface area (Å²) in [6, 6.07) is 5.54. The number of methoxy groups -OCH3 is 1. The maximum Gasteiger partial charge on any atom is 0.158 e. The highest BCUT2D eigenvalue weighted by Crippen LogP contribution is 2.25. The van der Waals surface area contributed by atoms with Crippen LogP contribution in [0, 0.1) is 5.82 Å². The van der Waals surface area contributed by atoms with Gasteiger partial charge < -0.3 is 15.8 Å². The minimum atomic E-state index is -0.397. The first kappa shape index (κ1) is 13.5. The first-order chi connectivity index (χ1) is 9.08. The minimum absolute atomic E-state index is 0.233. The predicted molar refractivity (Wildman–Crippen MR) is 71.9 cm³/mol. The third-order valence-electron chi connectivity index (χ3n) is 2.26. The van der Waals surface area contributed by atoms with Gasteiger partial charge in [-0.2, -0.15) is 0 Å². The van der Waals surface area contributed by atoms with E-state index in [-0.39, 0.29) is 12.4 Å². The van der Waals surface area contributed by atoms with Gasteiger partial charge in [-0.15, -0.1) is 0 Å². The molecule has 2 aromatic rings. The number of nitrogens with one attached hydrogen (secondary N) is 1. The zero-order valence-electron chi connectivity index (χ0n) is 10.2. The number of anilines is 3. The number of hydrogen-bond donors (Lipinski definition) is 2. The fraction of sp³-hybridized carbons (Fsp3) is 0.167. The highest BCUT2D eigenvalue weighted by atomic mass is 35.5. The second-order valence-corrected chi connectivity index (χ2v) is 4.18. The lowest BCUT2D eigenvalue weighted by molar-refractivity contribution is 0.178. The molecule has 0 aliphatic rings. The molecule has 7 heteroatoms. The molecule has 0 atom stereocenters. The van der Waals surface area contributed by atoms with Crippen LogP contribution in [-0.4, -0.2) is 17.1 Å². The molecule has 5 nitrogen and oxygen atoms in total. The monoisotopic (exact) mass is 282 g/mol. The second-order valence-electron chi connectivity index (χ2n) is 3.78. The van der Waals surface area contributed by atoms with E-state index >= 15 is 0 Å². The molecule has 1 aromatic carbocycles. The SMILES string of the molecule is COCc1nc(N)cc(Nc2cc(F)ccc2Cl)n1. The van der Waals surface area contributed by atoms with Crippen LogP contribution in [0.1, 0.15) is 5.82 Å². The van der Waals surface area contributed by atoms with Crippen LogP contribution in [0.25, 0.3) is 0 Å². The molecule has 0 unspecified atom stereocenters. The molecule has 3 N–H and O–H groups in total. The van der Waals surface area contributed by atoms with Crippen LogP contribution in [-0.2, 0) is 11.3 Å². The molecule has 1 aromatic heterocycles. The largest absolute Gasteiger partial charge is 0.384 e. The fourth-order valence-corrected chi connectivity index (χ4v) is 1.67. The number of nitrogens with two attached hydrogens (primary N) is 1. The number of nitrogens with zero attached hydrogens (tertiary/aromatic N) is 2. The predicted octanol–water partition coefficient (Wildman–Crippen LogP) is 2.74. The first-order valence-electron chi connectivity index (χ1n) is 5.43. The van der Waals surface area contributed by atoms with Gasteiger partial charge in [0.25, 0.3) is 0 Å². The molecular formula is C12H12ClFN4O. The molecule has 0 aliphatic heterocycles. The lowest BCUT2D eigenvalue weighted by Gasteiger charge is -2.09. The number of rotatable bonds is 4. The van der Waals surface area contributed by atoms with E-state index in [9.17, 15) is 4.39 Å². The number of nitrogen functional groups attached to an aromatic ring is 1. The van der Waals surface area contributed by atoms with Gasteiger partial charge in [0, 0.05) is 13.2 Å². The summed E-state index contributed by atoms with van der Waals surface area (Å²) in [4.78, 5) is 8.18. The third-order valence-corrected chi connectivity index (χ3v) is 2.59. The Labute approximate surface area is 114 Å². The van der Waals surface area contributed by atoms with Gasteiger partial charge in [0.2, 0.25) is 0 Å². The van der Waals surface area contributed by atoms with Crippen molar-refractivity contribution in [2.75, 3.05) is 18.2 Å². The van der Waals surface area contributed by atoms with Crippen molar-refractivity contribution < 1.29 is 9.13 Å². The molecule has 19 heavy (non-hydrogen) atoms. The maximum atomic E-state index is 13.2. The van der Waals surface area contributed by atoms with E-state index in [0.717, 1.165) is 0 Å². The smallest absolute Gasteiger partial charge is 0.158 e. The summed E-state index contributed by atoms with van der Waals surface area (Å²) < 4.78 is 18.1. The molecule has 0 fully saturated rings. The Kier molecular flexibility index (Phi) is 4.13. The van der Waals surface area contributed by atoms with Crippen LogP contribution < -0.4 is 11.1 Å². The molecule has 0 aliphatic carbocycles. The number of aromatic nitrogens is 2. The van der Waals surface area contributed by atoms with E-state index in [0.29, 0.717) is 22.4 Å². The number of ether oxygens (including phenoxy) is 1. The number of benzene rings is 1. The van der Waals surface area contributed by atoms with Gasteiger partial charge in [-0.1, -0.05) is 11.6 Å². The van der Waals surface area contributed by atoms with Gasteiger partial charge in [-0.05, 0) is 18.2 Å². The van der Waals surface area contributed by atoms with Gasteiger partial charge >= 0.3 is 0 Å². The average molecular weight is 283 g/mol. The van der Waals surface area contributed by atoms with Crippen LogP contribution in [0.5, 0.6) is 0 Å². The Morgan fingerprint density at radius 2 is 2.16 bits per heavy atom. The van der Waals surface area contributed by atoms with E-state index in [1.807, 2.05) is 0 Å². The van der Waals surface area contributed by atoms with Crippen molar-refractivity contribution in [2.24, 2.45) is 0 Å². The average Bonchev–Trinajstić information content (AvgIpc) is 2.33. The fourth-order valence-electron chi connectivity index (χ4n) is 1.51. The van der Waals surface area contributed by atoms with E-state index < -0.39 is 5.82 Å². The molecule has 0 saturated heterocycles. The van der Waals surface area contributed by atoms with Gasteiger partial charge in [-0.3, -0.25) is 0 Å². The van der Waals surface area contributed by atoms with Crippen molar-refractivity contribution in [1.29, 1.82) is 0 Å². The molecule has 1 heterocycles. The van der Waals surface area contributed by atoms with E-state index in [2.05, 4.69) is 15.3 Å². The Morgan fingerprint density at radius 3 is 2.89 bits per heavy atom. The van der Waals surface area contributed by atoms with E-state index in [1.54, 1.807) is 0 Å². The molecule has 0 saturated carbocycles. The highest BCUT2D eigenvalue weighted by Gasteiger charge is 2.06. The normalized spacial score (nSPS) is 10.5. The van der Waals surface area contributed by atoms with Crippen molar-refractivity contribution in [3.05, 3.63) is 40.9 Å². The van der Waals surface area contributed by atoms with Crippen LogP contribution in [0.15, 0.2) is 24.3 Å². The number of hydrogen-bond acceptors (Lipinski definition) is 5. The molecule has 2 rings (SSSR count). The second kappa shape index (κ2) is 5.81. The van der Waals surface area contributed by atoms with Crippen LogP contribution in [0.2, 0.25) is 5.02 Å². The van der Waals surface area contributed by atoms with Gasteiger partial charge in [0.1, 0.15) is 24.1 Å². The summed E-state index contributed by atoms with van der Waals surface area (Å²) in [7, 11) is 1.53. The summed E-state index contributed by atoms with van der Waals surface area (Å²) in [5.41, 5.74) is 6.06. The molecule has 100 valence electrons. The van der Waals surface area contributed by atoms with Gasteiger partial charge in [0.15, 0.2) is 5.82 Å². The van der Waals surface area contributed by atoms with E-state index in [4.69, 9.17) is 22.1 Å². The van der Waals surface area contributed by atoms with Gasteiger partial charge in [-0.25, -0.2) is 14.4 Å². The Morgan fingerprint density at radius 1 is 1.37 bits per heavy atom. The maximum absolute atomic E-state index is 13.2. The molecule has 0 radical (unpaired) electrons. The summed E-state index contributed by atoms with van der Waals surface area (Å²) in [5, 5.41) is 3.28. The lowest BCUT2D eigenvalue weighted by Crippen LogP contribution is -2.04. The summed E-state index contributed by atoms with van der Waals surface area (Å²) in [6.07, 6.45) is 0.